The lowest BCUT2D eigenvalue weighted by Crippen LogP contribution is -2.14. The van der Waals surface area contributed by atoms with Gasteiger partial charge in [-0.15, -0.1) is 0 Å². The van der Waals surface area contributed by atoms with Crippen LogP contribution in [0.15, 0.2) is 108 Å². The third-order valence-electron chi connectivity index (χ3n) is 5.91. The van der Waals surface area contributed by atoms with Crippen molar-refractivity contribution in [1.29, 1.82) is 0 Å². The highest BCUT2D eigenvalue weighted by Crippen LogP contribution is 2.33. The minimum absolute atomic E-state index is 0.218. The topological polar surface area (TPSA) is 132 Å². The van der Waals surface area contributed by atoms with Gasteiger partial charge in [0.25, 0.3) is 15.7 Å². The van der Waals surface area contributed by atoms with E-state index in [9.17, 15) is 23.3 Å². The number of benzene rings is 4. The molecule has 5 rings (SSSR count). The smallest absolute Gasteiger partial charge is 0.335 e. The Balaban J connectivity index is 1.45. The molecule has 0 aliphatic rings. The zero-order valence-corrected chi connectivity index (χ0v) is 19.9. The lowest BCUT2D eigenvalue weighted by atomic mass is 10.0. The van der Waals surface area contributed by atoms with Crippen molar-refractivity contribution in [1.82, 2.24) is 4.57 Å². The molecule has 2 N–H and O–H groups in total. The SMILES string of the molecule is O=C(O)c1cccc(S(=O)(=O)Nc2ccc(-c3ccc(-n4ccc5ccccc54)cc3)cc2[N+](=O)[O-])c1. The minimum Gasteiger partial charge on any atom is -0.478 e. The maximum absolute atomic E-state index is 12.8. The number of rotatable bonds is 7. The molecule has 0 aliphatic heterocycles. The van der Waals surface area contributed by atoms with E-state index in [2.05, 4.69) is 4.72 Å². The highest BCUT2D eigenvalue weighted by atomic mass is 32.2. The van der Waals surface area contributed by atoms with Crippen molar-refractivity contribution in [3.63, 3.8) is 0 Å². The molecule has 184 valence electrons. The number of hydrogen-bond acceptors (Lipinski definition) is 5. The van der Waals surface area contributed by atoms with Crippen LogP contribution in [0.3, 0.4) is 0 Å². The van der Waals surface area contributed by atoms with Crippen LogP contribution in [0.5, 0.6) is 0 Å². The van der Waals surface area contributed by atoms with Crippen molar-refractivity contribution < 1.29 is 23.2 Å². The second kappa shape index (κ2) is 9.25. The number of fused-ring (bicyclic) bond motifs is 1. The summed E-state index contributed by atoms with van der Waals surface area (Å²) in [7, 11) is -4.27. The number of nitro groups is 1. The highest BCUT2D eigenvalue weighted by Gasteiger charge is 2.22. The van der Waals surface area contributed by atoms with E-state index in [1.54, 1.807) is 6.07 Å². The Kier molecular flexibility index (Phi) is 5.94. The van der Waals surface area contributed by atoms with Gasteiger partial charge in [-0.05, 0) is 65.0 Å². The normalized spacial score (nSPS) is 11.4. The second-order valence-electron chi connectivity index (χ2n) is 8.22. The Hall–Kier alpha value is -4.96. The number of anilines is 1. The number of nitrogens with one attached hydrogen (secondary N) is 1. The molecule has 1 aromatic heterocycles. The molecule has 0 saturated carbocycles. The highest BCUT2D eigenvalue weighted by molar-refractivity contribution is 7.92. The second-order valence-corrected chi connectivity index (χ2v) is 9.90. The molecule has 0 radical (unpaired) electrons. The predicted molar refractivity (Wildman–Crippen MR) is 140 cm³/mol. The fourth-order valence-electron chi connectivity index (χ4n) is 4.07. The van der Waals surface area contributed by atoms with Crippen LogP contribution in [-0.2, 0) is 10.0 Å². The van der Waals surface area contributed by atoms with E-state index < -0.39 is 26.6 Å². The Morgan fingerprint density at radius 2 is 1.59 bits per heavy atom. The summed E-state index contributed by atoms with van der Waals surface area (Å²) >= 11 is 0. The van der Waals surface area contributed by atoms with Crippen LogP contribution in [0.4, 0.5) is 11.4 Å². The predicted octanol–water partition coefficient (Wildman–Crippen LogP) is 5.70. The van der Waals surface area contributed by atoms with Crippen LogP contribution in [0, 0.1) is 10.1 Å². The molecule has 0 atom stereocenters. The first-order valence-electron chi connectivity index (χ1n) is 11.0. The van der Waals surface area contributed by atoms with E-state index in [4.69, 9.17) is 5.11 Å². The van der Waals surface area contributed by atoms with Gasteiger partial charge in [-0.2, -0.15) is 0 Å². The quantitative estimate of drug-likeness (QED) is 0.212. The van der Waals surface area contributed by atoms with Crippen molar-refractivity contribution in [3.05, 3.63) is 119 Å². The van der Waals surface area contributed by atoms with Gasteiger partial charge in [0, 0.05) is 18.0 Å². The fraction of sp³-hybridized carbons (Fsp3) is 0. The summed E-state index contributed by atoms with van der Waals surface area (Å²) in [6, 6.07) is 26.4. The third-order valence-corrected chi connectivity index (χ3v) is 7.27. The van der Waals surface area contributed by atoms with Crippen LogP contribution >= 0.6 is 0 Å². The number of nitrogens with zero attached hydrogens (tertiary/aromatic N) is 2. The largest absolute Gasteiger partial charge is 0.478 e. The number of carboxylic acids is 1. The van der Waals surface area contributed by atoms with Gasteiger partial charge in [-0.1, -0.05) is 42.5 Å². The van der Waals surface area contributed by atoms with Crippen molar-refractivity contribution >= 4 is 38.3 Å². The molecule has 37 heavy (non-hydrogen) atoms. The van der Waals surface area contributed by atoms with Crippen molar-refractivity contribution in [3.8, 4) is 16.8 Å². The molecule has 5 aromatic rings. The Morgan fingerprint density at radius 3 is 2.32 bits per heavy atom. The molecular formula is C27H19N3O6S. The Labute approximate surface area is 211 Å². The number of nitro benzene ring substituents is 1. The molecule has 0 fully saturated rings. The van der Waals surface area contributed by atoms with Crippen LogP contribution < -0.4 is 4.72 Å². The maximum Gasteiger partial charge on any atom is 0.335 e. The number of aromatic nitrogens is 1. The summed E-state index contributed by atoms with van der Waals surface area (Å²) in [6.45, 7) is 0. The first-order valence-corrected chi connectivity index (χ1v) is 12.5. The molecule has 0 bridgehead atoms. The number of carbonyl (C=O) groups is 1. The summed E-state index contributed by atoms with van der Waals surface area (Å²) < 4.78 is 29.9. The summed E-state index contributed by atoms with van der Waals surface area (Å²) in [6.07, 6.45) is 1.97. The van der Waals surface area contributed by atoms with Gasteiger partial charge in [-0.3, -0.25) is 14.8 Å². The molecule has 0 unspecified atom stereocenters. The lowest BCUT2D eigenvalue weighted by molar-refractivity contribution is -0.383. The lowest BCUT2D eigenvalue weighted by Gasteiger charge is -2.11. The molecule has 4 aromatic carbocycles. The van der Waals surface area contributed by atoms with Crippen molar-refractivity contribution in [2.24, 2.45) is 0 Å². The summed E-state index contributed by atoms with van der Waals surface area (Å²) in [5.74, 6) is -1.29. The summed E-state index contributed by atoms with van der Waals surface area (Å²) in [5, 5.41) is 22.0. The average molecular weight is 514 g/mol. The molecule has 0 aliphatic carbocycles. The van der Waals surface area contributed by atoms with E-state index in [0.717, 1.165) is 22.7 Å². The summed E-state index contributed by atoms with van der Waals surface area (Å²) in [5.41, 5.74) is 2.34. The summed E-state index contributed by atoms with van der Waals surface area (Å²) in [4.78, 5) is 22.0. The standard InChI is InChI=1S/C27H19N3O6S/c31-27(32)21-5-3-6-23(16-21)37(35,36)28-24-13-10-20(17-26(24)30(33)34)18-8-11-22(12-9-18)29-15-14-19-4-1-2-7-25(19)29/h1-17,28H,(H,31,32). The van der Waals surface area contributed by atoms with Gasteiger partial charge in [-0.25, -0.2) is 13.2 Å². The van der Waals surface area contributed by atoms with Gasteiger partial charge in [0.15, 0.2) is 0 Å². The average Bonchev–Trinajstić information content (AvgIpc) is 3.33. The molecule has 0 amide bonds. The number of hydrogen-bond donors (Lipinski definition) is 2. The van der Waals surface area contributed by atoms with Gasteiger partial charge < -0.3 is 9.67 Å². The van der Waals surface area contributed by atoms with Crippen molar-refractivity contribution in [2.45, 2.75) is 4.90 Å². The molecule has 10 heteroatoms. The monoisotopic (exact) mass is 513 g/mol. The number of carboxylic acid groups (broad SMARTS) is 1. The zero-order valence-electron chi connectivity index (χ0n) is 19.1. The van der Waals surface area contributed by atoms with Crippen LogP contribution in [0.25, 0.3) is 27.7 Å². The van der Waals surface area contributed by atoms with Gasteiger partial charge in [0.05, 0.1) is 20.9 Å². The van der Waals surface area contributed by atoms with Crippen LogP contribution in [-0.4, -0.2) is 29.0 Å². The van der Waals surface area contributed by atoms with E-state index in [1.807, 2.05) is 65.4 Å². The molecule has 0 spiro atoms. The van der Waals surface area contributed by atoms with E-state index in [-0.39, 0.29) is 16.1 Å². The molecule has 1 heterocycles. The molecule has 9 nitrogen and oxygen atoms in total. The number of para-hydroxylation sites is 1. The Bertz CT molecular complexity index is 1780. The van der Waals surface area contributed by atoms with Crippen LogP contribution in [0.1, 0.15) is 10.4 Å². The van der Waals surface area contributed by atoms with Crippen molar-refractivity contribution in [2.75, 3.05) is 4.72 Å². The van der Waals surface area contributed by atoms with Gasteiger partial charge in [0.2, 0.25) is 0 Å². The first-order chi connectivity index (χ1) is 17.7. The Morgan fingerprint density at radius 1 is 0.865 bits per heavy atom. The van der Waals surface area contributed by atoms with Gasteiger partial charge >= 0.3 is 5.97 Å². The van der Waals surface area contributed by atoms with Gasteiger partial charge in [0.1, 0.15) is 5.69 Å². The van der Waals surface area contributed by atoms with Crippen LogP contribution in [0.2, 0.25) is 0 Å². The van der Waals surface area contributed by atoms with E-state index in [0.29, 0.717) is 11.1 Å². The third kappa shape index (κ3) is 4.65. The molecule has 0 saturated heterocycles. The van der Waals surface area contributed by atoms with E-state index >= 15 is 0 Å². The zero-order chi connectivity index (χ0) is 26.2. The number of sulfonamides is 1. The number of aromatic carboxylic acids is 1. The minimum atomic E-state index is -4.27. The fourth-order valence-corrected chi connectivity index (χ4v) is 5.19. The van der Waals surface area contributed by atoms with E-state index in [1.165, 1.54) is 30.3 Å². The maximum atomic E-state index is 12.8. The first kappa shape index (κ1) is 23.8. The molecular weight excluding hydrogens is 494 g/mol.